The van der Waals surface area contributed by atoms with Gasteiger partial charge in [0.05, 0.1) is 5.56 Å². The standard InChI is InChI=1S/C7H5ClO5S/c8-6-2-1-5(4-9)7(3-6)13-14(10,11)12/h1-4H,(H,10,11,12). The lowest BCUT2D eigenvalue weighted by molar-refractivity contribution is 0.112. The van der Waals surface area contributed by atoms with Gasteiger partial charge in [0.15, 0.2) is 12.0 Å². The Labute approximate surface area is 85.2 Å². The zero-order valence-corrected chi connectivity index (χ0v) is 8.25. The van der Waals surface area contributed by atoms with Crippen LogP contribution >= 0.6 is 11.6 Å². The van der Waals surface area contributed by atoms with Crippen LogP contribution < -0.4 is 4.18 Å². The summed E-state index contributed by atoms with van der Waals surface area (Å²) >= 11 is 5.53. The number of rotatable bonds is 3. The Morgan fingerprint density at radius 3 is 2.57 bits per heavy atom. The molecule has 0 fully saturated rings. The van der Waals surface area contributed by atoms with Crippen LogP contribution in [0.3, 0.4) is 0 Å². The Morgan fingerprint density at radius 2 is 2.07 bits per heavy atom. The van der Waals surface area contributed by atoms with Crippen LogP contribution in [0.2, 0.25) is 5.02 Å². The van der Waals surface area contributed by atoms with Crippen LogP contribution in [0.4, 0.5) is 0 Å². The highest BCUT2D eigenvalue weighted by Gasteiger charge is 2.11. The fraction of sp³-hybridized carbons (Fsp3) is 0. The van der Waals surface area contributed by atoms with Crippen molar-refractivity contribution in [1.29, 1.82) is 0 Å². The average molecular weight is 237 g/mol. The summed E-state index contributed by atoms with van der Waals surface area (Å²) in [5.74, 6) is -0.310. The fourth-order valence-corrected chi connectivity index (χ4v) is 1.32. The zero-order chi connectivity index (χ0) is 10.8. The molecule has 5 nitrogen and oxygen atoms in total. The second-order valence-corrected chi connectivity index (χ2v) is 3.77. The van der Waals surface area contributed by atoms with E-state index in [0.29, 0.717) is 6.29 Å². The molecule has 1 rings (SSSR count). The highest BCUT2D eigenvalue weighted by atomic mass is 35.5. The van der Waals surface area contributed by atoms with Gasteiger partial charge in [-0.15, -0.1) is 0 Å². The molecule has 0 radical (unpaired) electrons. The second kappa shape index (κ2) is 3.95. The first-order valence-electron chi connectivity index (χ1n) is 3.34. The average Bonchev–Trinajstić information content (AvgIpc) is 2.01. The molecule has 0 amide bonds. The molecule has 76 valence electrons. The van der Waals surface area contributed by atoms with Gasteiger partial charge in [-0.1, -0.05) is 11.6 Å². The van der Waals surface area contributed by atoms with Crippen LogP contribution in [0.25, 0.3) is 0 Å². The van der Waals surface area contributed by atoms with E-state index in [-0.39, 0.29) is 16.3 Å². The molecule has 0 saturated carbocycles. The second-order valence-electron chi connectivity index (χ2n) is 2.31. The van der Waals surface area contributed by atoms with E-state index in [2.05, 4.69) is 4.18 Å². The van der Waals surface area contributed by atoms with Crippen molar-refractivity contribution in [2.24, 2.45) is 0 Å². The van der Waals surface area contributed by atoms with Crippen LogP contribution in [0, 0.1) is 0 Å². The predicted octanol–water partition coefficient (Wildman–Crippen LogP) is 1.33. The van der Waals surface area contributed by atoms with Gasteiger partial charge in [0.1, 0.15) is 0 Å². The first-order chi connectivity index (χ1) is 6.42. The lowest BCUT2D eigenvalue weighted by Crippen LogP contribution is -2.08. The number of aldehydes is 1. The SMILES string of the molecule is O=Cc1ccc(Cl)cc1OS(=O)(=O)O. The van der Waals surface area contributed by atoms with Crippen LogP contribution in [-0.4, -0.2) is 19.3 Å². The molecule has 0 unspecified atom stereocenters. The first kappa shape index (κ1) is 11.0. The van der Waals surface area contributed by atoms with E-state index in [9.17, 15) is 13.2 Å². The van der Waals surface area contributed by atoms with Gasteiger partial charge >= 0.3 is 10.4 Å². The maximum absolute atomic E-state index is 10.4. The molecule has 0 heterocycles. The van der Waals surface area contributed by atoms with Crippen LogP contribution in [0.1, 0.15) is 10.4 Å². The summed E-state index contributed by atoms with van der Waals surface area (Å²) in [6, 6.07) is 3.77. The number of halogens is 1. The molecule has 14 heavy (non-hydrogen) atoms. The molecule has 0 aliphatic heterocycles. The van der Waals surface area contributed by atoms with Gasteiger partial charge < -0.3 is 4.18 Å². The van der Waals surface area contributed by atoms with Gasteiger partial charge in [-0.25, -0.2) is 0 Å². The molecular weight excluding hydrogens is 232 g/mol. The van der Waals surface area contributed by atoms with Crippen molar-refractivity contribution in [1.82, 2.24) is 0 Å². The van der Waals surface area contributed by atoms with Gasteiger partial charge in [0, 0.05) is 11.1 Å². The monoisotopic (exact) mass is 236 g/mol. The molecule has 0 aliphatic rings. The van der Waals surface area contributed by atoms with Gasteiger partial charge in [-0.05, 0) is 12.1 Å². The summed E-state index contributed by atoms with van der Waals surface area (Å²) in [6.07, 6.45) is 0.386. The lowest BCUT2D eigenvalue weighted by Gasteiger charge is -2.03. The number of hydrogen-bond donors (Lipinski definition) is 1. The van der Waals surface area contributed by atoms with Gasteiger partial charge in [-0.3, -0.25) is 9.35 Å². The largest absolute Gasteiger partial charge is 0.446 e. The zero-order valence-electron chi connectivity index (χ0n) is 6.68. The molecule has 0 aliphatic carbocycles. The van der Waals surface area contributed by atoms with Crippen molar-refractivity contribution in [3.05, 3.63) is 28.8 Å². The Kier molecular flexibility index (Phi) is 3.10. The molecule has 1 aromatic rings. The minimum Gasteiger partial charge on any atom is -0.361 e. The highest BCUT2D eigenvalue weighted by Crippen LogP contribution is 2.22. The van der Waals surface area contributed by atoms with E-state index in [0.717, 1.165) is 6.07 Å². The molecule has 0 bridgehead atoms. The molecule has 1 aromatic carbocycles. The molecule has 7 heteroatoms. The third-order valence-electron chi connectivity index (χ3n) is 1.30. The Hall–Kier alpha value is -1.11. The van der Waals surface area contributed by atoms with Crippen molar-refractivity contribution < 1.29 is 21.9 Å². The number of hydrogen-bond acceptors (Lipinski definition) is 4. The summed E-state index contributed by atoms with van der Waals surface area (Å²) in [5, 5.41) is 0.189. The lowest BCUT2D eigenvalue weighted by atomic mass is 10.2. The molecular formula is C7H5ClO5S. The van der Waals surface area contributed by atoms with E-state index in [1.54, 1.807) is 0 Å². The van der Waals surface area contributed by atoms with E-state index in [1.807, 2.05) is 0 Å². The molecule has 0 saturated heterocycles. The summed E-state index contributed by atoms with van der Waals surface area (Å²) in [5.41, 5.74) is -0.0213. The maximum atomic E-state index is 10.4. The first-order valence-corrected chi connectivity index (χ1v) is 5.08. The molecule has 1 N–H and O–H groups in total. The number of carbonyl (C=O) groups excluding carboxylic acids is 1. The normalized spacial score (nSPS) is 11.0. The summed E-state index contributed by atoms with van der Waals surface area (Å²) in [4.78, 5) is 10.4. The molecule has 0 spiro atoms. The summed E-state index contributed by atoms with van der Waals surface area (Å²) in [7, 11) is -4.64. The third kappa shape index (κ3) is 2.99. The van der Waals surface area contributed by atoms with Crippen LogP contribution in [0.15, 0.2) is 18.2 Å². The third-order valence-corrected chi connectivity index (χ3v) is 1.92. The maximum Gasteiger partial charge on any atom is 0.446 e. The quantitative estimate of drug-likeness (QED) is 0.633. The summed E-state index contributed by atoms with van der Waals surface area (Å²) in [6.45, 7) is 0. The summed E-state index contributed by atoms with van der Waals surface area (Å²) < 4.78 is 33.2. The molecule has 0 aromatic heterocycles. The highest BCUT2D eigenvalue weighted by molar-refractivity contribution is 7.81. The van der Waals surface area contributed by atoms with Crippen molar-refractivity contribution >= 4 is 28.3 Å². The van der Waals surface area contributed by atoms with Crippen molar-refractivity contribution in [2.45, 2.75) is 0 Å². The van der Waals surface area contributed by atoms with Crippen LogP contribution in [-0.2, 0) is 10.4 Å². The topological polar surface area (TPSA) is 80.7 Å². The van der Waals surface area contributed by atoms with E-state index in [1.165, 1.54) is 12.1 Å². The fourth-order valence-electron chi connectivity index (χ4n) is 0.791. The Bertz CT molecular complexity index is 453. The molecule has 0 atom stereocenters. The van der Waals surface area contributed by atoms with Crippen molar-refractivity contribution in [3.8, 4) is 5.75 Å². The van der Waals surface area contributed by atoms with E-state index in [4.69, 9.17) is 16.2 Å². The predicted molar refractivity (Wildman–Crippen MR) is 49.0 cm³/mol. The Morgan fingerprint density at radius 1 is 1.43 bits per heavy atom. The van der Waals surface area contributed by atoms with E-state index >= 15 is 0 Å². The van der Waals surface area contributed by atoms with Crippen LogP contribution in [0.5, 0.6) is 5.75 Å². The van der Waals surface area contributed by atoms with Crippen molar-refractivity contribution in [3.63, 3.8) is 0 Å². The smallest absolute Gasteiger partial charge is 0.361 e. The number of carbonyl (C=O) groups is 1. The van der Waals surface area contributed by atoms with Gasteiger partial charge in [0.2, 0.25) is 0 Å². The minimum absolute atomic E-state index is 0.0213. The van der Waals surface area contributed by atoms with Gasteiger partial charge in [-0.2, -0.15) is 8.42 Å². The van der Waals surface area contributed by atoms with Gasteiger partial charge in [0.25, 0.3) is 0 Å². The van der Waals surface area contributed by atoms with E-state index < -0.39 is 10.4 Å². The minimum atomic E-state index is -4.64. The number of benzene rings is 1. The van der Waals surface area contributed by atoms with Crippen molar-refractivity contribution in [2.75, 3.05) is 0 Å². The Balaban J connectivity index is 3.18.